The van der Waals surface area contributed by atoms with Gasteiger partial charge in [0, 0.05) is 42.7 Å². The van der Waals surface area contributed by atoms with Gasteiger partial charge in [-0.1, -0.05) is 0 Å². The molecule has 1 aromatic rings. The summed E-state index contributed by atoms with van der Waals surface area (Å²) in [5, 5.41) is 6.62. The molecule has 0 spiro atoms. The van der Waals surface area contributed by atoms with Gasteiger partial charge in [-0.25, -0.2) is 0 Å². The molecule has 28 heavy (non-hydrogen) atoms. The summed E-state index contributed by atoms with van der Waals surface area (Å²) < 4.78 is 10.5. The highest BCUT2D eigenvalue weighted by Gasteiger charge is 2.30. The Morgan fingerprint density at radius 3 is 2.29 bits per heavy atom. The summed E-state index contributed by atoms with van der Waals surface area (Å²) >= 11 is 0. The molecule has 0 bridgehead atoms. The molecule has 2 heterocycles. The number of benzene rings is 1. The van der Waals surface area contributed by atoms with Crippen molar-refractivity contribution in [2.75, 3.05) is 33.9 Å². The predicted molar refractivity (Wildman–Crippen MR) is 107 cm³/mol. The van der Waals surface area contributed by atoms with Gasteiger partial charge in [0.1, 0.15) is 11.5 Å². The van der Waals surface area contributed by atoms with Crippen molar-refractivity contribution in [2.24, 2.45) is 5.92 Å². The summed E-state index contributed by atoms with van der Waals surface area (Å²) in [6, 6.07) is 5.70. The normalized spacial score (nSPS) is 23.2. The van der Waals surface area contributed by atoms with Crippen molar-refractivity contribution in [1.29, 1.82) is 0 Å². The number of amides is 2. The number of ether oxygens (including phenoxy) is 2. The second-order valence-corrected chi connectivity index (χ2v) is 7.67. The van der Waals surface area contributed by atoms with Crippen LogP contribution in [-0.4, -0.2) is 62.7 Å². The van der Waals surface area contributed by atoms with Gasteiger partial charge in [0.15, 0.2) is 0 Å². The number of nitrogens with zero attached hydrogens (tertiary/aromatic N) is 1. The Hall–Kier alpha value is -2.28. The van der Waals surface area contributed by atoms with Crippen LogP contribution >= 0.6 is 0 Å². The zero-order valence-corrected chi connectivity index (χ0v) is 17.0. The summed E-state index contributed by atoms with van der Waals surface area (Å²) in [7, 11) is 3.13. The lowest BCUT2D eigenvalue weighted by molar-refractivity contribution is -0.127. The number of piperidine rings is 2. The third-order valence-electron chi connectivity index (χ3n) is 5.84. The van der Waals surface area contributed by atoms with Gasteiger partial charge < -0.3 is 25.0 Å². The molecule has 1 aromatic carbocycles. The summed E-state index contributed by atoms with van der Waals surface area (Å²) in [4.78, 5) is 27.3. The second kappa shape index (κ2) is 9.28. The number of likely N-dealkylation sites (tertiary alicyclic amines) is 1. The minimum absolute atomic E-state index is 0.0296. The third kappa shape index (κ3) is 4.76. The molecule has 0 radical (unpaired) electrons. The van der Waals surface area contributed by atoms with Gasteiger partial charge in [0.25, 0.3) is 5.91 Å². The molecule has 2 amide bonds. The minimum atomic E-state index is -0.0545. The topological polar surface area (TPSA) is 79.9 Å². The lowest BCUT2D eigenvalue weighted by atomic mass is 9.93. The number of carbonyl (C=O) groups is 2. The molecular weight excluding hydrogens is 358 g/mol. The van der Waals surface area contributed by atoms with Crippen LogP contribution in [0.2, 0.25) is 0 Å². The highest BCUT2D eigenvalue weighted by Crippen LogP contribution is 2.25. The van der Waals surface area contributed by atoms with Crippen LogP contribution in [0, 0.1) is 5.92 Å². The molecule has 2 N–H and O–H groups in total. The average Bonchev–Trinajstić information content (AvgIpc) is 2.74. The number of carbonyl (C=O) groups excluding carboxylic acids is 2. The van der Waals surface area contributed by atoms with Gasteiger partial charge in [0.2, 0.25) is 5.91 Å². The van der Waals surface area contributed by atoms with E-state index in [1.54, 1.807) is 32.4 Å². The monoisotopic (exact) mass is 389 g/mol. The molecule has 154 valence electrons. The Bertz CT molecular complexity index is 679. The van der Waals surface area contributed by atoms with Crippen LogP contribution < -0.4 is 20.1 Å². The highest BCUT2D eigenvalue weighted by atomic mass is 16.5. The maximum absolute atomic E-state index is 12.9. The van der Waals surface area contributed by atoms with Crippen LogP contribution in [0.5, 0.6) is 11.5 Å². The van der Waals surface area contributed by atoms with Crippen molar-refractivity contribution in [2.45, 2.75) is 44.7 Å². The van der Waals surface area contributed by atoms with Gasteiger partial charge in [-0.3, -0.25) is 9.59 Å². The first kappa shape index (κ1) is 20.5. The Kier molecular flexibility index (Phi) is 6.78. The lowest BCUT2D eigenvalue weighted by Gasteiger charge is -2.35. The Morgan fingerprint density at radius 1 is 1.07 bits per heavy atom. The van der Waals surface area contributed by atoms with Crippen LogP contribution in [0.4, 0.5) is 0 Å². The van der Waals surface area contributed by atoms with Crippen LogP contribution in [0.15, 0.2) is 18.2 Å². The van der Waals surface area contributed by atoms with E-state index in [1.807, 2.05) is 4.90 Å². The quantitative estimate of drug-likeness (QED) is 0.803. The predicted octanol–water partition coefficient (Wildman–Crippen LogP) is 1.81. The van der Waals surface area contributed by atoms with Crippen LogP contribution in [-0.2, 0) is 4.79 Å². The Labute approximate surface area is 166 Å². The van der Waals surface area contributed by atoms with Crippen molar-refractivity contribution in [3.05, 3.63) is 23.8 Å². The van der Waals surface area contributed by atoms with E-state index in [1.165, 1.54) is 0 Å². The molecule has 2 saturated heterocycles. The van der Waals surface area contributed by atoms with E-state index < -0.39 is 0 Å². The maximum Gasteiger partial charge on any atom is 0.254 e. The van der Waals surface area contributed by atoms with E-state index in [4.69, 9.17) is 9.47 Å². The van der Waals surface area contributed by atoms with E-state index in [0.29, 0.717) is 49.0 Å². The van der Waals surface area contributed by atoms with Gasteiger partial charge >= 0.3 is 0 Å². The van der Waals surface area contributed by atoms with E-state index in [-0.39, 0.29) is 23.8 Å². The zero-order chi connectivity index (χ0) is 20.1. The molecular formula is C21H31N3O4. The molecule has 2 unspecified atom stereocenters. The standard InChI is InChI=1S/C21H31N3O4/c1-14-19(5-4-8-22-14)23-20(25)15-6-9-24(10-7-15)21(26)16-11-17(27-2)13-18(12-16)28-3/h11-15,19,22H,4-10H2,1-3H3,(H,23,25). The number of hydrogen-bond donors (Lipinski definition) is 2. The zero-order valence-electron chi connectivity index (χ0n) is 17.0. The first-order chi connectivity index (χ1) is 13.5. The largest absolute Gasteiger partial charge is 0.497 e. The van der Waals surface area contributed by atoms with Crippen molar-refractivity contribution >= 4 is 11.8 Å². The lowest BCUT2D eigenvalue weighted by Crippen LogP contribution is -2.54. The van der Waals surface area contributed by atoms with Crippen LogP contribution in [0.3, 0.4) is 0 Å². The maximum atomic E-state index is 12.9. The van der Waals surface area contributed by atoms with E-state index >= 15 is 0 Å². The first-order valence-corrected chi connectivity index (χ1v) is 10.1. The molecule has 2 atom stereocenters. The summed E-state index contributed by atoms with van der Waals surface area (Å²) in [6.07, 6.45) is 3.49. The number of nitrogens with one attached hydrogen (secondary N) is 2. The summed E-state index contributed by atoms with van der Waals surface area (Å²) in [5.74, 6) is 1.22. The number of methoxy groups -OCH3 is 2. The second-order valence-electron chi connectivity index (χ2n) is 7.67. The smallest absolute Gasteiger partial charge is 0.254 e. The molecule has 0 aliphatic carbocycles. The first-order valence-electron chi connectivity index (χ1n) is 10.1. The molecule has 0 saturated carbocycles. The van der Waals surface area contributed by atoms with Gasteiger partial charge in [-0.2, -0.15) is 0 Å². The van der Waals surface area contributed by atoms with E-state index in [0.717, 1.165) is 19.4 Å². The van der Waals surface area contributed by atoms with Crippen molar-refractivity contribution in [1.82, 2.24) is 15.5 Å². The van der Waals surface area contributed by atoms with Crippen LogP contribution in [0.1, 0.15) is 43.0 Å². The fourth-order valence-electron chi connectivity index (χ4n) is 4.00. The Balaban J connectivity index is 1.56. The highest BCUT2D eigenvalue weighted by molar-refractivity contribution is 5.95. The van der Waals surface area contributed by atoms with Crippen molar-refractivity contribution < 1.29 is 19.1 Å². The third-order valence-corrected chi connectivity index (χ3v) is 5.84. The summed E-state index contributed by atoms with van der Waals surface area (Å²) in [5.41, 5.74) is 0.543. The SMILES string of the molecule is COc1cc(OC)cc(C(=O)N2CCC(C(=O)NC3CCCNC3C)CC2)c1. The van der Waals surface area contributed by atoms with Gasteiger partial charge in [0.05, 0.1) is 14.2 Å². The van der Waals surface area contributed by atoms with Crippen molar-refractivity contribution in [3.8, 4) is 11.5 Å². The molecule has 0 aromatic heterocycles. The molecule has 2 fully saturated rings. The number of rotatable bonds is 5. The fraction of sp³-hybridized carbons (Fsp3) is 0.619. The number of hydrogen-bond acceptors (Lipinski definition) is 5. The molecule has 7 nitrogen and oxygen atoms in total. The van der Waals surface area contributed by atoms with Crippen LogP contribution in [0.25, 0.3) is 0 Å². The molecule has 2 aliphatic heterocycles. The van der Waals surface area contributed by atoms with E-state index in [9.17, 15) is 9.59 Å². The fourth-order valence-corrected chi connectivity index (χ4v) is 4.00. The van der Waals surface area contributed by atoms with E-state index in [2.05, 4.69) is 17.6 Å². The molecule has 2 aliphatic rings. The summed E-state index contributed by atoms with van der Waals surface area (Å²) in [6.45, 7) is 4.29. The molecule has 3 rings (SSSR count). The Morgan fingerprint density at radius 2 is 1.71 bits per heavy atom. The molecule has 7 heteroatoms. The minimum Gasteiger partial charge on any atom is -0.497 e. The van der Waals surface area contributed by atoms with Crippen molar-refractivity contribution in [3.63, 3.8) is 0 Å². The average molecular weight is 389 g/mol. The van der Waals surface area contributed by atoms with Gasteiger partial charge in [-0.05, 0) is 51.3 Å². The van der Waals surface area contributed by atoms with Gasteiger partial charge in [-0.15, -0.1) is 0 Å².